The zero-order valence-corrected chi connectivity index (χ0v) is 9.15. The number of hydrogen-bond acceptors (Lipinski definition) is 3. The number of hydrogen-bond donors (Lipinski definition) is 2. The van der Waals surface area contributed by atoms with E-state index in [1.54, 1.807) is 13.8 Å². The summed E-state index contributed by atoms with van der Waals surface area (Å²) in [5, 5.41) is 19.7. The van der Waals surface area contributed by atoms with Crippen molar-refractivity contribution in [1.82, 2.24) is 5.32 Å². The van der Waals surface area contributed by atoms with Gasteiger partial charge in [-0.15, -0.1) is 0 Å². The molecular weight excluding hydrogens is 196 g/mol. The van der Waals surface area contributed by atoms with Crippen LogP contribution >= 0.6 is 0 Å². The van der Waals surface area contributed by atoms with Gasteiger partial charge in [-0.2, -0.15) is 5.26 Å². The van der Waals surface area contributed by atoms with Gasteiger partial charge in [0.05, 0.1) is 17.9 Å². The maximum absolute atomic E-state index is 11.4. The summed E-state index contributed by atoms with van der Waals surface area (Å²) in [5.74, 6) is -2.89. The molecule has 3 unspecified atom stereocenters. The van der Waals surface area contributed by atoms with Gasteiger partial charge < -0.3 is 10.4 Å². The Morgan fingerprint density at radius 3 is 2.27 bits per heavy atom. The Morgan fingerprint density at radius 2 is 1.87 bits per heavy atom. The van der Waals surface area contributed by atoms with Gasteiger partial charge in [-0.3, -0.25) is 9.59 Å². The van der Waals surface area contributed by atoms with E-state index in [1.807, 2.05) is 6.07 Å². The number of carboxylic acid groups (broad SMARTS) is 1. The summed E-state index contributed by atoms with van der Waals surface area (Å²) in [6, 6.07) is 1.98. The third-order valence-electron chi connectivity index (χ3n) is 2.36. The Bertz CT molecular complexity index is 283. The SMILES string of the molecule is CC(C#N)CNC(=O)C(C)C(C)C(=O)O. The van der Waals surface area contributed by atoms with Crippen LogP contribution in [0.3, 0.4) is 0 Å². The second-order valence-electron chi connectivity index (χ2n) is 3.69. The summed E-state index contributed by atoms with van der Waals surface area (Å²) in [6.45, 7) is 4.99. The first-order valence-electron chi connectivity index (χ1n) is 4.80. The minimum atomic E-state index is -0.994. The maximum Gasteiger partial charge on any atom is 0.307 e. The molecule has 0 saturated carbocycles. The number of rotatable bonds is 5. The topological polar surface area (TPSA) is 90.2 Å². The van der Waals surface area contributed by atoms with Gasteiger partial charge in [-0.25, -0.2) is 0 Å². The molecule has 0 aliphatic carbocycles. The Kier molecular flexibility index (Phi) is 5.39. The molecule has 5 heteroatoms. The Hall–Kier alpha value is -1.57. The van der Waals surface area contributed by atoms with Crippen molar-refractivity contribution in [3.05, 3.63) is 0 Å². The van der Waals surface area contributed by atoms with Crippen molar-refractivity contribution in [2.24, 2.45) is 17.8 Å². The molecule has 0 aromatic heterocycles. The van der Waals surface area contributed by atoms with Crippen LogP contribution in [0.2, 0.25) is 0 Å². The molecule has 0 saturated heterocycles. The van der Waals surface area contributed by atoms with E-state index in [1.165, 1.54) is 6.92 Å². The second kappa shape index (κ2) is 6.02. The molecule has 0 rings (SSSR count). The van der Waals surface area contributed by atoms with Gasteiger partial charge in [0.1, 0.15) is 0 Å². The highest BCUT2D eigenvalue weighted by Gasteiger charge is 2.25. The smallest absolute Gasteiger partial charge is 0.307 e. The summed E-state index contributed by atoms with van der Waals surface area (Å²) in [5.41, 5.74) is 0. The van der Waals surface area contributed by atoms with E-state index < -0.39 is 17.8 Å². The van der Waals surface area contributed by atoms with E-state index in [0.29, 0.717) is 0 Å². The molecule has 0 spiro atoms. The Morgan fingerprint density at radius 1 is 1.33 bits per heavy atom. The van der Waals surface area contributed by atoms with Crippen LogP contribution in [0.4, 0.5) is 0 Å². The molecule has 0 aliphatic heterocycles. The minimum absolute atomic E-state index is 0.256. The van der Waals surface area contributed by atoms with Crippen LogP contribution < -0.4 is 5.32 Å². The molecule has 0 radical (unpaired) electrons. The van der Waals surface area contributed by atoms with Crippen LogP contribution in [-0.4, -0.2) is 23.5 Å². The third kappa shape index (κ3) is 4.45. The van der Waals surface area contributed by atoms with Gasteiger partial charge in [0.25, 0.3) is 0 Å². The van der Waals surface area contributed by atoms with Crippen molar-refractivity contribution < 1.29 is 14.7 Å². The van der Waals surface area contributed by atoms with Gasteiger partial charge >= 0.3 is 5.97 Å². The molecular formula is C10H16N2O3. The molecule has 0 bridgehead atoms. The van der Waals surface area contributed by atoms with E-state index >= 15 is 0 Å². The van der Waals surface area contributed by atoms with Crippen molar-refractivity contribution in [1.29, 1.82) is 5.26 Å². The highest BCUT2D eigenvalue weighted by atomic mass is 16.4. The standard InChI is InChI=1S/C10H16N2O3/c1-6(4-11)5-12-9(13)7(2)8(3)10(14)15/h6-8H,5H2,1-3H3,(H,12,13)(H,14,15). The van der Waals surface area contributed by atoms with Crippen LogP contribution in [0.1, 0.15) is 20.8 Å². The highest BCUT2D eigenvalue weighted by Crippen LogP contribution is 2.10. The van der Waals surface area contributed by atoms with Gasteiger partial charge in [-0.05, 0) is 6.92 Å². The minimum Gasteiger partial charge on any atom is -0.481 e. The highest BCUT2D eigenvalue weighted by molar-refractivity contribution is 5.84. The van der Waals surface area contributed by atoms with Gasteiger partial charge in [0.15, 0.2) is 0 Å². The molecule has 0 fully saturated rings. The number of carboxylic acids is 1. The monoisotopic (exact) mass is 212 g/mol. The average molecular weight is 212 g/mol. The van der Waals surface area contributed by atoms with Crippen LogP contribution in [0, 0.1) is 29.1 Å². The third-order valence-corrected chi connectivity index (χ3v) is 2.36. The number of aliphatic carboxylic acids is 1. The first-order chi connectivity index (χ1) is 6.90. The largest absolute Gasteiger partial charge is 0.481 e. The summed E-state index contributed by atoms with van der Waals surface area (Å²) >= 11 is 0. The second-order valence-corrected chi connectivity index (χ2v) is 3.69. The van der Waals surface area contributed by atoms with Crippen molar-refractivity contribution in [3.63, 3.8) is 0 Å². The van der Waals surface area contributed by atoms with Crippen LogP contribution in [-0.2, 0) is 9.59 Å². The van der Waals surface area contributed by atoms with Crippen molar-refractivity contribution in [2.75, 3.05) is 6.54 Å². The van der Waals surface area contributed by atoms with Gasteiger partial charge in [-0.1, -0.05) is 13.8 Å². The van der Waals surface area contributed by atoms with E-state index in [9.17, 15) is 9.59 Å². The van der Waals surface area contributed by atoms with Crippen LogP contribution in [0.25, 0.3) is 0 Å². The molecule has 15 heavy (non-hydrogen) atoms. The molecule has 0 heterocycles. The molecule has 84 valence electrons. The quantitative estimate of drug-likeness (QED) is 0.699. The molecule has 0 aliphatic rings. The van der Waals surface area contributed by atoms with Crippen molar-refractivity contribution in [3.8, 4) is 6.07 Å². The first-order valence-corrected chi connectivity index (χ1v) is 4.80. The maximum atomic E-state index is 11.4. The van der Waals surface area contributed by atoms with Crippen LogP contribution in [0.15, 0.2) is 0 Å². The summed E-state index contributed by atoms with van der Waals surface area (Å²) in [4.78, 5) is 22.0. The lowest BCUT2D eigenvalue weighted by molar-refractivity contribution is -0.146. The average Bonchev–Trinajstić information content (AvgIpc) is 2.22. The number of carbonyl (C=O) groups excluding carboxylic acids is 1. The van der Waals surface area contributed by atoms with Crippen LogP contribution in [0.5, 0.6) is 0 Å². The number of nitrogens with one attached hydrogen (secondary N) is 1. The summed E-state index contributed by atoms with van der Waals surface area (Å²) < 4.78 is 0. The lowest BCUT2D eigenvalue weighted by atomic mass is 9.95. The fourth-order valence-electron chi connectivity index (χ4n) is 0.901. The molecule has 3 atom stereocenters. The molecule has 1 amide bonds. The number of nitriles is 1. The molecule has 2 N–H and O–H groups in total. The van der Waals surface area contributed by atoms with Crippen molar-refractivity contribution >= 4 is 11.9 Å². The van der Waals surface area contributed by atoms with Crippen molar-refractivity contribution in [2.45, 2.75) is 20.8 Å². The summed E-state index contributed by atoms with van der Waals surface area (Å²) in [6.07, 6.45) is 0. The number of nitrogens with zero attached hydrogens (tertiary/aromatic N) is 1. The Balaban J connectivity index is 4.12. The Labute approximate surface area is 89.1 Å². The lowest BCUT2D eigenvalue weighted by Gasteiger charge is -2.16. The van der Waals surface area contributed by atoms with E-state index in [4.69, 9.17) is 10.4 Å². The van der Waals surface area contributed by atoms with E-state index in [2.05, 4.69) is 5.32 Å². The number of carbonyl (C=O) groups is 2. The fraction of sp³-hybridized carbons (Fsp3) is 0.700. The zero-order valence-electron chi connectivity index (χ0n) is 9.15. The number of amides is 1. The van der Waals surface area contributed by atoms with Gasteiger partial charge in [0.2, 0.25) is 5.91 Å². The lowest BCUT2D eigenvalue weighted by Crippen LogP contribution is -2.37. The molecule has 5 nitrogen and oxygen atoms in total. The predicted octanol–water partition coefficient (Wildman–Crippen LogP) is 0.619. The molecule has 0 aromatic carbocycles. The predicted molar refractivity (Wildman–Crippen MR) is 53.8 cm³/mol. The fourth-order valence-corrected chi connectivity index (χ4v) is 0.901. The molecule has 0 aromatic rings. The first kappa shape index (κ1) is 13.4. The normalized spacial score (nSPS) is 15.9. The van der Waals surface area contributed by atoms with E-state index in [-0.39, 0.29) is 18.4 Å². The zero-order chi connectivity index (χ0) is 12.0. The summed E-state index contributed by atoms with van der Waals surface area (Å²) in [7, 11) is 0. The van der Waals surface area contributed by atoms with E-state index in [0.717, 1.165) is 0 Å². The van der Waals surface area contributed by atoms with Gasteiger partial charge in [0, 0.05) is 12.5 Å².